The molecule has 3 rings (SSSR count). The number of nitrogens with one attached hydrogen (secondary N) is 1. The first-order valence-electron chi connectivity index (χ1n) is 13.6. The van der Waals surface area contributed by atoms with Crippen molar-refractivity contribution in [3.8, 4) is 0 Å². The van der Waals surface area contributed by atoms with Crippen molar-refractivity contribution in [2.45, 2.75) is 58.4 Å². The van der Waals surface area contributed by atoms with Gasteiger partial charge >= 0.3 is 12.4 Å². The van der Waals surface area contributed by atoms with Crippen molar-refractivity contribution in [3.05, 3.63) is 57.8 Å². The van der Waals surface area contributed by atoms with E-state index in [9.17, 15) is 26.3 Å². The summed E-state index contributed by atoms with van der Waals surface area (Å²) in [6.45, 7) is 4.90. The zero-order chi connectivity index (χ0) is 31.2. The third kappa shape index (κ3) is 8.41. The highest BCUT2D eigenvalue weighted by atomic mass is 19.4. The van der Waals surface area contributed by atoms with E-state index in [1.54, 1.807) is 20.0 Å². The lowest BCUT2D eigenvalue weighted by Crippen LogP contribution is -2.41. The molecule has 0 aromatic heterocycles. The van der Waals surface area contributed by atoms with Crippen molar-refractivity contribution in [3.63, 3.8) is 0 Å². The van der Waals surface area contributed by atoms with Crippen LogP contribution < -0.4 is 16.9 Å². The van der Waals surface area contributed by atoms with E-state index in [1.165, 1.54) is 18.4 Å². The van der Waals surface area contributed by atoms with Gasteiger partial charge < -0.3 is 26.7 Å². The maximum atomic E-state index is 13.5. The van der Waals surface area contributed by atoms with Crippen LogP contribution in [0.15, 0.2) is 56.2 Å². The second-order valence-electron chi connectivity index (χ2n) is 10.5. The van der Waals surface area contributed by atoms with E-state index < -0.39 is 23.5 Å². The van der Waals surface area contributed by atoms with Crippen LogP contribution >= 0.6 is 0 Å². The molecular weight excluding hydrogens is 562 g/mol. The summed E-state index contributed by atoms with van der Waals surface area (Å²) in [5.74, 6) is 1.61. The summed E-state index contributed by atoms with van der Waals surface area (Å²) in [7, 11) is 3.09. The van der Waals surface area contributed by atoms with E-state index >= 15 is 0 Å². The topological polar surface area (TPSA) is 108 Å². The van der Waals surface area contributed by atoms with E-state index in [0.29, 0.717) is 48.1 Å². The Bertz CT molecular complexity index is 1240. The Labute approximate surface area is 241 Å². The quantitative estimate of drug-likeness (QED) is 0.167. The van der Waals surface area contributed by atoms with Crippen LogP contribution in [0.5, 0.6) is 0 Å². The lowest BCUT2D eigenvalue weighted by Gasteiger charge is -2.34. The highest BCUT2D eigenvalue weighted by Crippen LogP contribution is 2.37. The standard InChI is InChI=1S/C28H38F6N8/c1-5-41(14-18-7-6-8-18)24-12-20(11-23(17(2)35)25(37-3)39-24)16-42(26(36)40-38-4)15-19-9-21(27(29,30)31)13-22(10-19)28(32,33)34/h9-11,13,18,38H,5-8,12,14-16,35H2,1-4H3,(H2,36,40). The van der Waals surface area contributed by atoms with Crippen LogP contribution in [0, 0.1) is 5.92 Å². The van der Waals surface area contributed by atoms with Gasteiger partial charge in [-0.3, -0.25) is 4.99 Å². The average Bonchev–Trinajstić information content (AvgIpc) is 3.06. The van der Waals surface area contributed by atoms with E-state index in [2.05, 4.69) is 20.4 Å². The molecule has 0 spiro atoms. The molecule has 1 fully saturated rings. The summed E-state index contributed by atoms with van der Waals surface area (Å²) in [6.07, 6.45) is -4.34. The van der Waals surface area contributed by atoms with Crippen molar-refractivity contribution < 1.29 is 26.3 Å². The van der Waals surface area contributed by atoms with Gasteiger partial charge in [-0.25, -0.2) is 4.99 Å². The molecule has 1 aliphatic carbocycles. The Balaban J connectivity index is 2.05. The zero-order valence-corrected chi connectivity index (χ0v) is 24.2. The lowest BCUT2D eigenvalue weighted by atomic mass is 9.85. The third-order valence-electron chi connectivity index (χ3n) is 7.26. The number of hydrogen-bond donors (Lipinski definition) is 3. The fourth-order valence-electron chi connectivity index (χ4n) is 4.87. The van der Waals surface area contributed by atoms with Gasteiger partial charge in [-0.05, 0) is 68.0 Å². The molecule has 1 aromatic carbocycles. The van der Waals surface area contributed by atoms with Gasteiger partial charge in [0.1, 0.15) is 5.84 Å². The Hall–Kier alpha value is -3.71. The SMILES string of the molecule is CCN(CC1CCC1)C1=NC(=NC)C(=C(C)N)C=C(CN(Cc2cc(C(F)(F)F)cc(C(F)(F)F)c2)/C(N)=N/NC)C1. The monoisotopic (exact) mass is 600 g/mol. The number of rotatable bonds is 8. The van der Waals surface area contributed by atoms with Gasteiger partial charge in [0.2, 0.25) is 5.96 Å². The number of allylic oxidation sites excluding steroid dienone is 1. The van der Waals surface area contributed by atoms with Crippen molar-refractivity contribution >= 4 is 17.6 Å². The lowest BCUT2D eigenvalue weighted by molar-refractivity contribution is -0.143. The van der Waals surface area contributed by atoms with Crippen LogP contribution in [0.1, 0.15) is 56.2 Å². The number of amidine groups is 2. The summed E-state index contributed by atoms with van der Waals surface area (Å²) in [4.78, 5) is 12.8. The number of hydrazone groups is 1. The fraction of sp³-hybridized carbons (Fsp3) is 0.536. The molecule has 1 aliphatic heterocycles. The number of guanidine groups is 1. The number of halogens is 6. The Kier molecular flexibility index (Phi) is 10.6. The first kappa shape index (κ1) is 32.8. The highest BCUT2D eigenvalue weighted by Gasteiger charge is 2.37. The van der Waals surface area contributed by atoms with E-state index in [4.69, 9.17) is 16.5 Å². The maximum Gasteiger partial charge on any atom is 0.416 e. The molecule has 8 nitrogen and oxygen atoms in total. The smallest absolute Gasteiger partial charge is 0.402 e. The zero-order valence-electron chi connectivity index (χ0n) is 24.2. The van der Waals surface area contributed by atoms with Crippen LogP contribution in [0.25, 0.3) is 0 Å². The molecule has 0 atom stereocenters. The molecule has 232 valence electrons. The average molecular weight is 601 g/mol. The van der Waals surface area contributed by atoms with Gasteiger partial charge in [0, 0.05) is 58.0 Å². The molecule has 42 heavy (non-hydrogen) atoms. The van der Waals surface area contributed by atoms with Crippen LogP contribution in [-0.2, 0) is 18.9 Å². The van der Waals surface area contributed by atoms with Crippen LogP contribution in [-0.4, -0.2) is 61.2 Å². The molecule has 0 amide bonds. The van der Waals surface area contributed by atoms with Gasteiger partial charge in [0.15, 0.2) is 5.84 Å². The molecule has 0 radical (unpaired) electrons. The number of alkyl halides is 6. The molecule has 0 saturated heterocycles. The molecule has 0 unspecified atom stereocenters. The molecule has 1 saturated carbocycles. The van der Waals surface area contributed by atoms with E-state index in [0.717, 1.165) is 30.8 Å². The molecule has 5 N–H and O–H groups in total. The van der Waals surface area contributed by atoms with Gasteiger partial charge in [-0.2, -0.15) is 26.3 Å². The summed E-state index contributed by atoms with van der Waals surface area (Å²) in [6, 6.07) is 1.49. The predicted octanol–water partition coefficient (Wildman–Crippen LogP) is 5.09. The summed E-state index contributed by atoms with van der Waals surface area (Å²) < 4.78 is 81.2. The molecular formula is C28H38F6N8. The van der Waals surface area contributed by atoms with E-state index in [1.807, 2.05) is 6.92 Å². The first-order chi connectivity index (χ1) is 19.7. The maximum absolute atomic E-state index is 13.5. The Morgan fingerprint density at radius 1 is 1.05 bits per heavy atom. The largest absolute Gasteiger partial charge is 0.416 e. The highest BCUT2D eigenvalue weighted by molar-refractivity contribution is 6.10. The number of hydrogen-bond acceptors (Lipinski definition) is 5. The number of nitrogens with two attached hydrogens (primary N) is 2. The number of nitrogens with zero attached hydrogens (tertiary/aromatic N) is 5. The van der Waals surface area contributed by atoms with Crippen molar-refractivity contribution in [1.82, 2.24) is 15.2 Å². The molecule has 2 aliphatic rings. The second-order valence-corrected chi connectivity index (χ2v) is 10.5. The number of aliphatic imine (C=N–C) groups is 2. The minimum absolute atomic E-state index is 0.0301. The number of benzene rings is 1. The van der Waals surface area contributed by atoms with E-state index in [-0.39, 0.29) is 30.7 Å². The third-order valence-corrected chi connectivity index (χ3v) is 7.26. The second kappa shape index (κ2) is 13.5. The van der Waals surface area contributed by atoms with Gasteiger partial charge in [-0.15, -0.1) is 5.10 Å². The Morgan fingerprint density at radius 3 is 2.12 bits per heavy atom. The summed E-state index contributed by atoms with van der Waals surface area (Å²) in [5, 5.41) is 3.96. The van der Waals surface area contributed by atoms with Gasteiger partial charge in [0.25, 0.3) is 0 Å². The normalized spacial score (nSPS) is 19.1. The molecule has 14 heteroatoms. The summed E-state index contributed by atoms with van der Waals surface area (Å²) in [5.41, 5.74) is 13.6. The van der Waals surface area contributed by atoms with Gasteiger partial charge in [0.05, 0.1) is 11.1 Å². The van der Waals surface area contributed by atoms with Crippen molar-refractivity contribution in [1.29, 1.82) is 0 Å². The van der Waals surface area contributed by atoms with Crippen LogP contribution in [0.2, 0.25) is 0 Å². The van der Waals surface area contributed by atoms with Crippen LogP contribution in [0.3, 0.4) is 0 Å². The molecule has 0 bridgehead atoms. The molecule has 1 heterocycles. The Morgan fingerprint density at radius 2 is 1.67 bits per heavy atom. The first-order valence-corrected chi connectivity index (χ1v) is 13.6. The van der Waals surface area contributed by atoms with Crippen molar-refractivity contribution in [2.75, 3.05) is 33.7 Å². The van der Waals surface area contributed by atoms with Gasteiger partial charge in [-0.1, -0.05) is 6.42 Å². The fourth-order valence-corrected chi connectivity index (χ4v) is 4.87. The minimum Gasteiger partial charge on any atom is -0.402 e. The minimum atomic E-state index is -4.97. The summed E-state index contributed by atoms with van der Waals surface area (Å²) >= 11 is 0. The molecule has 1 aromatic rings. The van der Waals surface area contributed by atoms with Crippen LogP contribution in [0.4, 0.5) is 26.3 Å². The van der Waals surface area contributed by atoms with Crippen molar-refractivity contribution in [2.24, 2.45) is 32.5 Å². The predicted molar refractivity (Wildman–Crippen MR) is 153 cm³/mol.